The number of amides is 1. The molecule has 0 N–H and O–H groups in total. The molecule has 1 amide bonds. The van der Waals surface area contributed by atoms with Gasteiger partial charge < -0.3 is 13.8 Å². The second-order valence-electron chi connectivity index (χ2n) is 7.22. The van der Waals surface area contributed by atoms with Crippen LogP contribution in [0.3, 0.4) is 0 Å². The Labute approximate surface area is 197 Å². The molecule has 0 heterocycles. The van der Waals surface area contributed by atoms with Gasteiger partial charge in [-0.15, -0.1) is 0 Å². The molecule has 0 spiro atoms. The highest BCUT2D eigenvalue weighted by molar-refractivity contribution is 7.87. The van der Waals surface area contributed by atoms with Gasteiger partial charge in [0.1, 0.15) is 23.0 Å². The molecule has 3 aromatic rings. The van der Waals surface area contributed by atoms with Gasteiger partial charge >= 0.3 is 10.1 Å². The topological polar surface area (TPSA) is 116 Å². The van der Waals surface area contributed by atoms with E-state index in [1.165, 1.54) is 47.4 Å². The van der Waals surface area contributed by atoms with Crippen molar-refractivity contribution in [3.63, 3.8) is 0 Å². The highest BCUT2D eigenvalue weighted by atomic mass is 32.2. The molecule has 9 nitrogen and oxygen atoms in total. The van der Waals surface area contributed by atoms with Crippen LogP contribution in [-0.2, 0) is 16.7 Å². The summed E-state index contributed by atoms with van der Waals surface area (Å²) in [5, 5.41) is 10.9. The maximum absolute atomic E-state index is 12.7. The molecule has 0 saturated heterocycles. The summed E-state index contributed by atoms with van der Waals surface area (Å²) in [6.45, 7) is 4.37. The van der Waals surface area contributed by atoms with E-state index in [4.69, 9.17) is 8.92 Å². The Balaban J connectivity index is 1.65. The van der Waals surface area contributed by atoms with E-state index >= 15 is 0 Å². The van der Waals surface area contributed by atoms with E-state index in [0.29, 0.717) is 24.5 Å². The summed E-state index contributed by atoms with van der Waals surface area (Å²) in [6, 6.07) is 17.5. The Kier molecular flexibility index (Phi) is 7.64. The van der Waals surface area contributed by atoms with E-state index in [2.05, 4.69) is 6.58 Å². The number of ether oxygens (including phenoxy) is 1. The van der Waals surface area contributed by atoms with Gasteiger partial charge in [-0.05, 0) is 48.0 Å². The van der Waals surface area contributed by atoms with Crippen molar-refractivity contribution < 1.29 is 27.1 Å². The fraction of sp³-hybridized carbons (Fsp3) is 0.125. The maximum atomic E-state index is 12.7. The number of nitro benzene ring substituents is 1. The van der Waals surface area contributed by atoms with Gasteiger partial charge in [-0.3, -0.25) is 14.9 Å². The number of nitrogens with zero attached hydrogens (tertiary/aromatic N) is 2. The lowest BCUT2D eigenvalue weighted by molar-refractivity contribution is -0.385. The standard InChI is InChI=1S/C24H22N2O7S/c1-3-15-32-21-11-7-18(8-12-21)17-25(2)24(27)19-9-13-22(14-10-19)33-34(30,31)23-6-4-5-20(16-23)26(28)29/h3-14,16H,1,15,17H2,2H3. The molecule has 0 aliphatic carbocycles. The van der Waals surface area contributed by atoms with Gasteiger partial charge in [-0.2, -0.15) is 8.42 Å². The van der Waals surface area contributed by atoms with Gasteiger partial charge in [0.15, 0.2) is 0 Å². The number of nitro groups is 1. The lowest BCUT2D eigenvalue weighted by atomic mass is 10.1. The van der Waals surface area contributed by atoms with Gasteiger partial charge in [-0.1, -0.05) is 30.9 Å². The normalized spacial score (nSPS) is 10.9. The van der Waals surface area contributed by atoms with Crippen molar-refractivity contribution in [2.24, 2.45) is 0 Å². The van der Waals surface area contributed by atoms with Crippen LogP contribution in [0, 0.1) is 10.1 Å². The molecule has 0 unspecified atom stereocenters. The van der Waals surface area contributed by atoms with E-state index in [1.807, 2.05) is 24.3 Å². The summed E-state index contributed by atoms with van der Waals surface area (Å²) in [5.41, 5.74) is 0.880. The van der Waals surface area contributed by atoms with Gasteiger partial charge in [0.05, 0.1) is 4.92 Å². The number of carbonyl (C=O) groups is 1. The Morgan fingerprint density at radius 3 is 2.32 bits per heavy atom. The second kappa shape index (κ2) is 10.6. The van der Waals surface area contributed by atoms with Crippen LogP contribution in [-0.4, -0.2) is 37.8 Å². The Bertz CT molecular complexity index is 1290. The second-order valence-corrected chi connectivity index (χ2v) is 8.77. The van der Waals surface area contributed by atoms with E-state index in [1.54, 1.807) is 13.1 Å². The van der Waals surface area contributed by atoms with Crippen molar-refractivity contribution >= 4 is 21.7 Å². The van der Waals surface area contributed by atoms with Gasteiger partial charge in [0.2, 0.25) is 0 Å². The zero-order valence-corrected chi connectivity index (χ0v) is 19.1. The molecule has 34 heavy (non-hydrogen) atoms. The number of benzene rings is 3. The predicted octanol–water partition coefficient (Wildman–Crippen LogP) is 4.20. The molecule has 0 atom stereocenters. The van der Waals surface area contributed by atoms with Crippen LogP contribution < -0.4 is 8.92 Å². The summed E-state index contributed by atoms with van der Waals surface area (Å²) < 4.78 is 35.4. The van der Waals surface area contributed by atoms with Crippen molar-refractivity contribution in [2.75, 3.05) is 13.7 Å². The molecular weight excluding hydrogens is 460 g/mol. The average Bonchev–Trinajstić information content (AvgIpc) is 2.83. The van der Waals surface area contributed by atoms with E-state index in [0.717, 1.165) is 11.6 Å². The monoisotopic (exact) mass is 482 g/mol. The summed E-state index contributed by atoms with van der Waals surface area (Å²) in [5.74, 6) is 0.411. The Hall–Kier alpha value is -4.18. The Morgan fingerprint density at radius 2 is 1.71 bits per heavy atom. The third kappa shape index (κ3) is 6.20. The molecule has 0 aliphatic rings. The molecule has 0 fully saturated rings. The Morgan fingerprint density at radius 1 is 1.06 bits per heavy atom. The van der Waals surface area contributed by atoms with Crippen molar-refractivity contribution in [1.82, 2.24) is 4.90 Å². The van der Waals surface area contributed by atoms with Crippen LogP contribution in [0.2, 0.25) is 0 Å². The first-order valence-electron chi connectivity index (χ1n) is 10.1. The van der Waals surface area contributed by atoms with Crippen molar-refractivity contribution in [2.45, 2.75) is 11.4 Å². The predicted molar refractivity (Wildman–Crippen MR) is 125 cm³/mol. The minimum absolute atomic E-state index is 0.0270. The van der Waals surface area contributed by atoms with Crippen LogP contribution in [0.25, 0.3) is 0 Å². The summed E-state index contributed by atoms with van der Waals surface area (Å²) in [7, 11) is -2.63. The quantitative estimate of drug-likeness (QED) is 0.184. The number of hydrogen-bond acceptors (Lipinski definition) is 7. The molecule has 0 saturated carbocycles. The molecule has 0 bridgehead atoms. The van der Waals surface area contributed by atoms with Crippen LogP contribution in [0.1, 0.15) is 15.9 Å². The minimum Gasteiger partial charge on any atom is -0.490 e. The molecule has 3 aromatic carbocycles. The number of carbonyl (C=O) groups excluding carboxylic acids is 1. The minimum atomic E-state index is -4.28. The van der Waals surface area contributed by atoms with Crippen LogP contribution in [0.5, 0.6) is 11.5 Å². The lowest BCUT2D eigenvalue weighted by Gasteiger charge is -2.18. The van der Waals surface area contributed by atoms with Gasteiger partial charge in [0, 0.05) is 31.3 Å². The molecule has 3 rings (SSSR count). The third-order valence-corrected chi connectivity index (χ3v) is 5.93. The van der Waals surface area contributed by atoms with E-state index in [-0.39, 0.29) is 22.2 Å². The van der Waals surface area contributed by atoms with Gasteiger partial charge in [0.25, 0.3) is 11.6 Å². The van der Waals surface area contributed by atoms with Crippen LogP contribution in [0.15, 0.2) is 90.3 Å². The zero-order valence-electron chi connectivity index (χ0n) is 18.3. The van der Waals surface area contributed by atoms with E-state index < -0.39 is 15.0 Å². The maximum Gasteiger partial charge on any atom is 0.339 e. The van der Waals surface area contributed by atoms with Crippen molar-refractivity contribution in [3.05, 3.63) is 107 Å². The first-order chi connectivity index (χ1) is 16.2. The third-order valence-electron chi connectivity index (χ3n) is 4.68. The number of rotatable bonds is 10. The van der Waals surface area contributed by atoms with Crippen molar-refractivity contribution in [3.8, 4) is 11.5 Å². The highest BCUT2D eigenvalue weighted by Gasteiger charge is 2.20. The van der Waals surface area contributed by atoms with Gasteiger partial charge in [-0.25, -0.2) is 0 Å². The SMILES string of the molecule is C=CCOc1ccc(CN(C)C(=O)c2ccc(OS(=O)(=O)c3cccc([N+](=O)[O-])c3)cc2)cc1. The molecular formula is C24H22N2O7S. The molecule has 176 valence electrons. The fourth-order valence-electron chi connectivity index (χ4n) is 2.99. The first kappa shape index (κ1) is 24.5. The summed E-state index contributed by atoms with van der Waals surface area (Å²) in [6.07, 6.45) is 1.65. The van der Waals surface area contributed by atoms with E-state index in [9.17, 15) is 23.3 Å². The average molecular weight is 483 g/mol. The first-order valence-corrected chi connectivity index (χ1v) is 11.5. The van der Waals surface area contributed by atoms with Crippen LogP contribution in [0.4, 0.5) is 5.69 Å². The molecule has 0 aromatic heterocycles. The fourth-order valence-corrected chi connectivity index (χ4v) is 3.96. The zero-order chi connectivity index (χ0) is 24.7. The summed E-state index contributed by atoms with van der Waals surface area (Å²) >= 11 is 0. The largest absolute Gasteiger partial charge is 0.490 e. The van der Waals surface area contributed by atoms with Crippen LogP contribution >= 0.6 is 0 Å². The molecule has 0 aliphatic heterocycles. The molecule has 10 heteroatoms. The van der Waals surface area contributed by atoms with Crippen molar-refractivity contribution in [1.29, 1.82) is 0 Å². The highest BCUT2D eigenvalue weighted by Crippen LogP contribution is 2.23. The smallest absolute Gasteiger partial charge is 0.339 e. The number of hydrogen-bond donors (Lipinski definition) is 0. The number of non-ortho nitro benzene ring substituents is 1. The lowest BCUT2D eigenvalue weighted by Crippen LogP contribution is -2.26. The molecule has 0 radical (unpaired) electrons. The summed E-state index contributed by atoms with van der Waals surface area (Å²) in [4.78, 5) is 24.1.